The molecule has 0 aromatic heterocycles. The van der Waals surface area contributed by atoms with E-state index in [2.05, 4.69) is 0 Å². The number of hydrogen-bond acceptors (Lipinski definition) is 11. The molecule has 5 atom stereocenters. The number of aliphatic hydroxyl groups excluding tert-OH is 3. The Kier molecular flexibility index (Phi) is 8.01. The van der Waals surface area contributed by atoms with Crippen molar-refractivity contribution >= 4 is 23.4 Å². The number of phenolic OH excluding ortho intramolecular Hbond substituents is 4. The first-order valence-corrected chi connectivity index (χ1v) is 13.0. The van der Waals surface area contributed by atoms with Crippen LogP contribution >= 0.6 is 0 Å². The molecule has 2 aliphatic rings. The Labute approximate surface area is 239 Å². The molecular weight excluding hydrogens is 548 g/mol. The van der Waals surface area contributed by atoms with E-state index in [1.165, 1.54) is 36.4 Å². The van der Waals surface area contributed by atoms with Gasteiger partial charge in [0.1, 0.15) is 47.4 Å². The van der Waals surface area contributed by atoms with E-state index >= 15 is 0 Å². The summed E-state index contributed by atoms with van der Waals surface area (Å²) in [4.78, 5) is 26.0. The molecule has 1 aliphatic carbocycles. The molecule has 11 heteroatoms. The molecule has 0 radical (unpaired) electrons. The zero-order valence-electron chi connectivity index (χ0n) is 22.0. The van der Waals surface area contributed by atoms with Crippen molar-refractivity contribution in [3.8, 4) is 23.0 Å². The van der Waals surface area contributed by atoms with E-state index in [4.69, 9.17) is 9.47 Å². The maximum absolute atomic E-state index is 13.2. The molecule has 0 amide bonds. The summed E-state index contributed by atoms with van der Waals surface area (Å²) in [5, 5.41) is 72.1. The Morgan fingerprint density at radius 2 is 1.57 bits per heavy atom. The van der Waals surface area contributed by atoms with Crippen molar-refractivity contribution in [2.75, 3.05) is 6.61 Å². The first-order valence-electron chi connectivity index (χ1n) is 13.0. The van der Waals surface area contributed by atoms with E-state index in [9.17, 15) is 45.3 Å². The Hall–Kier alpha value is -4.68. The highest BCUT2D eigenvalue weighted by Crippen LogP contribution is 2.46. The molecule has 7 N–H and O–H groups in total. The lowest BCUT2D eigenvalue weighted by Gasteiger charge is -2.42. The Balaban J connectivity index is 1.54. The van der Waals surface area contributed by atoms with Gasteiger partial charge in [0, 0.05) is 17.7 Å². The predicted octanol–water partition coefficient (Wildman–Crippen LogP) is 2.11. The molecule has 218 valence electrons. The second-order valence-corrected chi connectivity index (χ2v) is 10.0. The van der Waals surface area contributed by atoms with Crippen LogP contribution in [0.2, 0.25) is 0 Å². The van der Waals surface area contributed by atoms with Crippen molar-refractivity contribution < 1.29 is 54.8 Å². The van der Waals surface area contributed by atoms with Crippen molar-refractivity contribution in [1.29, 1.82) is 0 Å². The zero-order chi connectivity index (χ0) is 30.1. The van der Waals surface area contributed by atoms with Crippen molar-refractivity contribution in [1.82, 2.24) is 0 Å². The summed E-state index contributed by atoms with van der Waals surface area (Å²) in [7, 11) is 0. The summed E-state index contributed by atoms with van der Waals surface area (Å²) in [6, 6.07) is 12.9. The fraction of sp³-hybridized carbons (Fsp3) is 0.226. The van der Waals surface area contributed by atoms with Gasteiger partial charge in [0.2, 0.25) is 0 Å². The smallest absolute Gasteiger partial charge is 0.331 e. The molecule has 3 aromatic carbocycles. The summed E-state index contributed by atoms with van der Waals surface area (Å²) in [6.45, 7) is -0.727. The minimum absolute atomic E-state index is 0.00708. The Bertz CT molecular complexity index is 1560. The number of benzene rings is 3. The molecule has 0 bridgehead atoms. The van der Waals surface area contributed by atoms with Crippen molar-refractivity contribution in [2.24, 2.45) is 0 Å². The standard InChI is InChI=1S/C31H28O11/c32-14-24-28(39)29(40)31(42-25(38)10-3-15-1-6-18(33)7-2-15)30(41-24)27-20-11-17(16-4-8-19(34)9-5-16)12-21(35)26(20)22(36)13-23(27)37/h1-10,12-13,24,28-34,36-37,39-40H,11,14H2/b10-3+/t24-,28-,29+,30+,31-/m1/s1. The number of allylic oxidation sites excluding steroid dienone is 2. The van der Waals surface area contributed by atoms with Crippen LogP contribution in [0.25, 0.3) is 11.6 Å². The van der Waals surface area contributed by atoms with Gasteiger partial charge in [-0.15, -0.1) is 0 Å². The number of rotatable bonds is 6. The van der Waals surface area contributed by atoms with Crippen LogP contribution in [0.3, 0.4) is 0 Å². The third kappa shape index (κ3) is 5.58. The van der Waals surface area contributed by atoms with Crippen molar-refractivity contribution in [3.05, 3.63) is 94.6 Å². The second-order valence-electron chi connectivity index (χ2n) is 10.0. The quantitative estimate of drug-likeness (QED) is 0.168. The van der Waals surface area contributed by atoms with Gasteiger partial charge in [-0.1, -0.05) is 24.3 Å². The van der Waals surface area contributed by atoms with Crippen LogP contribution in [0.5, 0.6) is 23.0 Å². The van der Waals surface area contributed by atoms with Gasteiger partial charge in [0.05, 0.1) is 12.2 Å². The molecule has 3 aromatic rings. The van der Waals surface area contributed by atoms with E-state index in [1.807, 2.05) is 0 Å². The molecule has 1 saturated heterocycles. The van der Waals surface area contributed by atoms with Gasteiger partial charge in [-0.2, -0.15) is 0 Å². The average molecular weight is 577 g/mol. The number of esters is 1. The number of phenols is 4. The highest BCUT2D eigenvalue weighted by atomic mass is 16.6. The number of fused-ring (bicyclic) bond motifs is 1. The van der Waals surface area contributed by atoms with Gasteiger partial charge in [-0.25, -0.2) is 4.79 Å². The van der Waals surface area contributed by atoms with Crippen LogP contribution in [0.4, 0.5) is 0 Å². The third-order valence-electron chi connectivity index (χ3n) is 7.30. The second kappa shape index (κ2) is 11.7. The summed E-state index contributed by atoms with van der Waals surface area (Å²) >= 11 is 0. The molecule has 1 fully saturated rings. The van der Waals surface area contributed by atoms with Gasteiger partial charge in [-0.3, -0.25) is 4.79 Å². The van der Waals surface area contributed by atoms with Gasteiger partial charge in [-0.05, 0) is 65.1 Å². The lowest BCUT2D eigenvalue weighted by atomic mass is 9.80. The summed E-state index contributed by atoms with van der Waals surface area (Å²) in [5.74, 6) is -2.51. The summed E-state index contributed by atoms with van der Waals surface area (Å²) in [6.07, 6.45) is -4.12. The molecule has 42 heavy (non-hydrogen) atoms. The molecule has 0 saturated carbocycles. The molecular formula is C31H28O11. The van der Waals surface area contributed by atoms with E-state index in [-0.39, 0.29) is 34.6 Å². The first kappa shape index (κ1) is 28.8. The van der Waals surface area contributed by atoms with Crippen LogP contribution in [-0.4, -0.2) is 78.5 Å². The molecule has 1 aliphatic heterocycles. The molecule has 11 nitrogen and oxygen atoms in total. The highest BCUT2D eigenvalue weighted by molar-refractivity contribution is 6.14. The lowest BCUT2D eigenvalue weighted by Crippen LogP contribution is -2.56. The van der Waals surface area contributed by atoms with Crippen LogP contribution in [0.15, 0.2) is 66.7 Å². The van der Waals surface area contributed by atoms with Crippen LogP contribution in [0.1, 0.15) is 38.7 Å². The van der Waals surface area contributed by atoms with Gasteiger partial charge < -0.3 is 45.2 Å². The SMILES string of the molecule is O=C(/C=C/c1ccc(O)cc1)O[C@@H]1[C@@H](O)[C@H](O)[C@@H](CO)O[C@H]1c1c(O)cc(O)c2c1CC(c1ccc(O)cc1)=CC2=O. The normalized spacial score (nSPS) is 23.8. The van der Waals surface area contributed by atoms with E-state index in [0.717, 1.165) is 12.1 Å². The number of ether oxygens (including phenoxy) is 2. The number of hydrogen-bond donors (Lipinski definition) is 7. The predicted molar refractivity (Wildman–Crippen MR) is 148 cm³/mol. The number of aromatic hydroxyl groups is 4. The zero-order valence-corrected chi connectivity index (χ0v) is 22.0. The Morgan fingerprint density at radius 3 is 2.21 bits per heavy atom. The maximum atomic E-state index is 13.2. The number of aliphatic hydroxyl groups is 3. The minimum atomic E-state index is -1.78. The third-order valence-corrected chi connectivity index (χ3v) is 7.30. The number of carbonyl (C=O) groups excluding carboxylic acids is 2. The van der Waals surface area contributed by atoms with E-state index in [1.54, 1.807) is 24.3 Å². The number of ketones is 1. The summed E-state index contributed by atoms with van der Waals surface area (Å²) < 4.78 is 11.4. The topological polar surface area (TPSA) is 194 Å². The fourth-order valence-corrected chi connectivity index (χ4v) is 5.21. The first-order chi connectivity index (χ1) is 20.1. The van der Waals surface area contributed by atoms with Crippen molar-refractivity contribution in [3.63, 3.8) is 0 Å². The molecule has 1 heterocycles. The lowest BCUT2D eigenvalue weighted by molar-refractivity contribution is -0.239. The Morgan fingerprint density at radius 1 is 0.929 bits per heavy atom. The molecule has 5 rings (SSSR count). The maximum Gasteiger partial charge on any atom is 0.331 e. The number of carbonyl (C=O) groups is 2. The minimum Gasteiger partial charge on any atom is -0.508 e. The molecule has 0 spiro atoms. The van der Waals surface area contributed by atoms with Crippen LogP contribution in [0, 0.1) is 0 Å². The van der Waals surface area contributed by atoms with Crippen LogP contribution in [-0.2, 0) is 20.7 Å². The van der Waals surface area contributed by atoms with E-state index in [0.29, 0.717) is 16.7 Å². The van der Waals surface area contributed by atoms with Gasteiger partial charge in [0.15, 0.2) is 11.9 Å². The highest BCUT2D eigenvalue weighted by Gasteiger charge is 2.49. The van der Waals surface area contributed by atoms with Crippen molar-refractivity contribution in [2.45, 2.75) is 36.9 Å². The monoisotopic (exact) mass is 576 g/mol. The van der Waals surface area contributed by atoms with Crippen LogP contribution < -0.4 is 0 Å². The summed E-state index contributed by atoms with van der Waals surface area (Å²) in [5.41, 5.74) is 1.54. The average Bonchev–Trinajstić information content (AvgIpc) is 2.96. The van der Waals surface area contributed by atoms with Gasteiger partial charge >= 0.3 is 5.97 Å². The largest absolute Gasteiger partial charge is 0.508 e. The molecule has 0 unspecified atom stereocenters. The van der Waals surface area contributed by atoms with Gasteiger partial charge in [0.25, 0.3) is 0 Å². The van der Waals surface area contributed by atoms with E-state index < -0.39 is 60.4 Å². The fourth-order valence-electron chi connectivity index (χ4n) is 5.21.